The Kier molecular flexibility index (Phi) is 5.22. The van der Waals surface area contributed by atoms with Gasteiger partial charge < -0.3 is 0 Å². The summed E-state index contributed by atoms with van der Waals surface area (Å²) in [6.07, 6.45) is 0. The molecule has 0 saturated carbocycles. The monoisotopic (exact) mass is 378 g/mol. The van der Waals surface area contributed by atoms with Crippen LogP contribution in [0.4, 0.5) is 0 Å². The standard InChI is InChI=1S/C24H27O2P/c1-5-26-24(25)22-17-12-18-23(19(22)2)27(3,4,20-13-8-6-9-14-20)21-15-10-7-11-16-21/h6-18H,5H2,1-4H3. The van der Waals surface area contributed by atoms with Crippen LogP contribution in [-0.4, -0.2) is 25.9 Å². The molecule has 140 valence electrons. The minimum atomic E-state index is -2.74. The normalized spacial score (nSPS) is 12.8. The van der Waals surface area contributed by atoms with E-state index in [0.717, 1.165) is 5.56 Å². The van der Waals surface area contributed by atoms with Gasteiger partial charge in [-0.3, -0.25) is 0 Å². The number of hydrogen-bond acceptors (Lipinski definition) is 2. The molecule has 0 N–H and O–H groups in total. The van der Waals surface area contributed by atoms with Gasteiger partial charge in [0.15, 0.2) is 0 Å². The van der Waals surface area contributed by atoms with Crippen LogP contribution < -0.4 is 15.9 Å². The number of carbonyl (C=O) groups is 1. The Morgan fingerprint density at radius 2 is 1.33 bits per heavy atom. The molecule has 0 aliphatic rings. The van der Waals surface area contributed by atoms with Crippen LogP contribution in [0.5, 0.6) is 0 Å². The van der Waals surface area contributed by atoms with Crippen molar-refractivity contribution in [2.24, 2.45) is 0 Å². The van der Waals surface area contributed by atoms with Crippen molar-refractivity contribution in [3.05, 3.63) is 90.0 Å². The van der Waals surface area contributed by atoms with Crippen LogP contribution in [0.25, 0.3) is 0 Å². The average molecular weight is 378 g/mol. The number of rotatable bonds is 5. The maximum atomic E-state index is 12.5. The molecule has 0 fully saturated rings. The summed E-state index contributed by atoms with van der Waals surface area (Å²) >= 11 is 0. The van der Waals surface area contributed by atoms with Gasteiger partial charge in [-0.15, -0.1) is 0 Å². The predicted octanol–water partition coefficient (Wildman–Crippen LogP) is 4.26. The number of ether oxygens (including phenoxy) is 1. The summed E-state index contributed by atoms with van der Waals surface area (Å²) in [5, 5.41) is 3.83. The van der Waals surface area contributed by atoms with E-state index in [-0.39, 0.29) is 5.97 Å². The minimum absolute atomic E-state index is 0.253. The average Bonchev–Trinajstić information content (AvgIpc) is 2.70. The molecule has 3 heteroatoms. The number of carbonyl (C=O) groups excluding carboxylic acids is 1. The molecule has 3 aromatic carbocycles. The van der Waals surface area contributed by atoms with Crippen LogP contribution >= 0.6 is 6.60 Å². The molecule has 0 saturated heterocycles. The first-order valence-corrected chi connectivity index (χ1v) is 12.4. The van der Waals surface area contributed by atoms with Crippen molar-refractivity contribution >= 4 is 28.5 Å². The molecule has 2 nitrogen and oxygen atoms in total. The molecule has 0 radical (unpaired) electrons. The van der Waals surface area contributed by atoms with E-state index in [2.05, 4.69) is 67.9 Å². The molecular formula is C24H27O2P. The third-order valence-electron chi connectivity index (χ3n) is 5.58. The van der Waals surface area contributed by atoms with Gasteiger partial charge in [0.1, 0.15) is 0 Å². The van der Waals surface area contributed by atoms with Crippen molar-refractivity contribution < 1.29 is 9.53 Å². The number of benzene rings is 3. The van der Waals surface area contributed by atoms with Crippen LogP contribution in [0.1, 0.15) is 22.8 Å². The molecule has 0 aliphatic carbocycles. The SMILES string of the molecule is CCOC(=O)c1cccc(P(C)(C)(c2ccccc2)c2ccccc2)c1C. The van der Waals surface area contributed by atoms with Gasteiger partial charge in [-0.25, -0.2) is 0 Å². The van der Waals surface area contributed by atoms with E-state index < -0.39 is 6.60 Å². The topological polar surface area (TPSA) is 26.3 Å². The summed E-state index contributed by atoms with van der Waals surface area (Å²) in [6.45, 7) is 6.26. The molecule has 27 heavy (non-hydrogen) atoms. The maximum absolute atomic E-state index is 12.5. The quantitative estimate of drug-likeness (QED) is 0.490. The van der Waals surface area contributed by atoms with E-state index in [1.165, 1.54) is 15.9 Å². The first-order valence-electron chi connectivity index (χ1n) is 9.28. The fraction of sp³-hybridized carbons (Fsp3) is 0.208. The van der Waals surface area contributed by atoms with E-state index in [1.807, 2.05) is 38.1 Å². The van der Waals surface area contributed by atoms with E-state index >= 15 is 0 Å². The van der Waals surface area contributed by atoms with Crippen molar-refractivity contribution in [2.75, 3.05) is 19.9 Å². The number of esters is 1. The van der Waals surface area contributed by atoms with Crippen LogP contribution in [0.2, 0.25) is 0 Å². The zero-order valence-corrected chi connectivity index (χ0v) is 17.4. The number of hydrogen-bond donors (Lipinski definition) is 0. The summed E-state index contributed by atoms with van der Waals surface area (Å²) in [4.78, 5) is 12.5. The predicted molar refractivity (Wildman–Crippen MR) is 118 cm³/mol. The van der Waals surface area contributed by atoms with Gasteiger partial charge in [0.25, 0.3) is 0 Å². The van der Waals surface area contributed by atoms with Crippen molar-refractivity contribution in [1.82, 2.24) is 0 Å². The summed E-state index contributed by atoms with van der Waals surface area (Å²) < 4.78 is 5.30. The van der Waals surface area contributed by atoms with Crippen molar-refractivity contribution in [3.8, 4) is 0 Å². The van der Waals surface area contributed by atoms with Gasteiger partial charge in [-0.1, -0.05) is 0 Å². The second-order valence-corrected chi connectivity index (χ2v) is 13.2. The molecule has 3 rings (SSSR count). The van der Waals surface area contributed by atoms with Crippen LogP contribution in [0.15, 0.2) is 78.9 Å². The second-order valence-electron chi connectivity index (χ2n) is 7.47. The third-order valence-corrected chi connectivity index (χ3v) is 11.2. The summed E-state index contributed by atoms with van der Waals surface area (Å²) in [6, 6.07) is 27.3. The van der Waals surface area contributed by atoms with Crippen molar-refractivity contribution in [2.45, 2.75) is 13.8 Å². The van der Waals surface area contributed by atoms with E-state index in [9.17, 15) is 4.79 Å². The van der Waals surface area contributed by atoms with E-state index in [4.69, 9.17) is 4.74 Å². The molecule has 3 aromatic rings. The van der Waals surface area contributed by atoms with Gasteiger partial charge >= 0.3 is 162 Å². The Bertz CT molecular complexity index is 903. The summed E-state index contributed by atoms with van der Waals surface area (Å²) in [5.74, 6) is -0.253. The van der Waals surface area contributed by atoms with Gasteiger partial charge in [0.05, 0.1) is 0 Å². The first kappa shape index (κ1) is 19.3. The zero-order chi connectivity index (χ0) is 19.5. The van der Waals surface area contributed by atoms with Crippen LogP contribution in [0.3, 0.4) is 0 Å². The van der Waals surface area contributed by atoms with E-state index in [0.29, 0.717) is 12.2 Å². The Balaban J connectivity index is 2.35. The molecule has 0 aliphatic heterocycles. The van der Waals surface area contributed by atoms with Crippen LogP contribution in [-0.2, 0) is 4.74 Å². The molecule has 0 atom stereocenters. The van der Waals surface area contributed by atoms with Gasteiger partial charge in [0.2, 0.25) is 0 Å². The molecule has 0 heterocycles. The van der Waals surface area contributed by atoms with Gasteiger partial charge in [-0.2, -0.15) is 0 Å². The first-order chi connectivity index (χ1) is 12.9. The van der Waals surface area contributed by atoms with Gasteiger partial charge in [-0.05, 0) is 0 Å². The van der Waals surface area contributed by atoms with Crippen LogP contribution in [0, 0.1) is 6.92 Å². The summed E-state index contributed by atoms with van der Waals surface area (Å²) in [7, 11) is 0. The Morgan fingerprint density at radius 3 is 1.81 bits per heavy atom. The fourth-order valence-electron chi connectivity index (χ4n) is 3.96. The molecule has 0 spiro atoms. The Hall–Kier alpha value is -2.44. The zero-order valence-electron chi connectivity index (χ0n) is 16.5. The Labute approximate surface area is 162 Å². The van der Waals surface area contributed by atoms with Crippen molar-refractivity contribution in [3.63, 3.8) is 0 Å². The molecule has 0 bridgehead atoms. The summed E-state index contributed by atoms with van der Waals surface area (Å²) in [5.41, 5.74) is 1.66. The Morgan fingerprint density at radius 1 is 0.815 bits per heavy atom. The third kappa shape index (κ3) is 3.19. The molecule has 0 aromatic heterocycles. The second kappa shape index (κ2) is 7.29. The van der Waals surface area contributed by atoms with Gasteiger partial charge in [0, 0.05) is 0 Å². The molecular weight excluding hydrogens is 351 g/mol. The fourth-order valence-corrected chi connectivity index (χ4v) is 8.61. The molecule has 0 amide bonds. The molecule has 0 unspecified atom stereocenters. The van der Waals surface area contributed by atoms with Crippen molar-refractivity contribution in [1.29, 1.82) is 0 Å². The van der Waals surface area contributed by atoms with E-state index in [1.54, 1.807) is 0 Å².